The second-order valence-corrected chi connectivity index (χ2v) is 6.18. The van der Waals surface area contributed by atoms with Crippen LogP contribution < -0.4 is 5.32 Å². The van der Waals surface area contributed by atoms with Crippen molar-refractivity contribution >= 4 is 6.03 Å². The van der Waals surface area contributed by atoms with E-state index in [1.807, 2.05) is 25.1 Å². The standard InChI is InChI=1S/C19H24N2O3/c1-14-16(9-12-24-14)13-20-19(23)21(10-11-22)18-8-4-6-15-5-2-3-7-17(15)18/h2-3,5,7,9,12,18,22H,4,6,8,10-11,13H2,1H3,(H,20,23)/t18-/m0/s1. The fourth-order valence-electron chi connectivity index (χ4n) is 3.43. The third-order valence-corrected chi connectivity index (χ3v) is 4.71. The number of aliphatic hydroxyl groups is 1. The van der Waals surface area contributed by atoms with E-state index in [2.05, 4.69) is 17.4 Å². The number of rotatable bonds is 5. The molecule has 1 heterocycles. The molecule has 2 amide bonds. The predicted octanol–water partition coefficient (Wildman–Crippen LogP) is 3.17. The summed E-state index contributed by atoms with van der Waals surface area (Å²) < 4.78 is 5.26. The van der Waals surface area contributed by atoms with Crippen LogP contribution in [0.4, 0.5) is 4.79 Å². The lowest BCUT2D eigenvalue weighted by atomic mass is 9.87. The Morgan fingerprint density at radius 3 is 2.96 bits per heavy atom. The number of hydrogen-bond donors (Lipinski definition) is 2. The van der Waals surface area contributed by atoms with Crippen molar-refractivity contribution in [1.82, 2.24) is 10.2 Å². The van der Waals surface area contributed by atoms with Crippen molar-refractivity contribution in [2.24, 2.45) is 0 Å². The van der Waals surface area contributed by atoms with Crippen molar-refractivity contribution in [3.05, 3.63) is 59.0 Å². The second-order valence-electron chi connectivity index (χ2n) is 6.18. The van der Waals surface area contributed by atoms with Crippen LogP contribution in [-0.4, -0.2) is 29.2 Å². The molecule has 0 radical (unpaired) electrons. The first kappa shape index (κ1) is 16.6. The molecule has 0 spiro atoms. The van der Waals surface area contributed by atoms with Crippen LogP contribution in [0.1, 0.15) is 41.3 Å². The molecule has 0 unspecified atom stereocenters. The Labute approximate surface area is 142 Å². The van der Waals surface area contributed by atoms with E-state index >= 15 is 0 Å². The molecule has 3 rings (SSSR count). The van der Waals surface area contributed by atoms with Gasteiger partial charge >= 0.3 is 6.03 Å². The van der Waals surface area contributed by atoms with E-state index in [4.69, 9.17) is 4.42 Å². The summed E-state index contributed by atoms with van der Waals surface area (Å²) in [5.74, 6) is 0.812. The summed E-state index contributed by atoms with van der Waals surface area (Å²) in [6.45, 7) is 2.59. The molecule has 2 N–H and O–H groups in total. The average molecular weight is 328 g/mol. The van der Waals surface area contributed by atoms with Crippen LogP contribution in [0.5, 0.6) is 0 Å². The first-order chi connectivity index (χ1) is 11.7. The van der Waals surface area contributed by atoms with Gasteiger partial charge in [0.1, 0.15) is 5.76 Å². The van der Waals surface area contributed by atoms with Gasteiger partial charge in [-0.3, -0.25) is 0 Å². The number of benzene rings is 1. The highest BCUT2D eigenvalue weighted by molar-refractivity contribution is 5.75. The fourth-order valence-corrected chi connectivity index (χ4v) is 3.43. The van der Waals surface area contributed by atoms with Crippen molar-refractivity contribution in [3.63, 3.8) is 0 Å². The smallest absolute Gasteiger partial charge is 0.318 e. The number of nitrogens with one attached hydrogen (secondary N) is 1. The van der Waals surface area contributed by atoms with Gasteiger partial charge in [-0.15, -0.1) is 0 Å². The van der Waals surface area contributed by atoms with E-state index in [1.54, 1.807) is 11.2 Å². The highest BCUT2D eigenvalue weighted by atomic mass is 16.3. The van der Waals surface area contributed by atoms with Gasteiger partial charge in [0.25, 0.3) is 0 Å². The van der Waals surface area contributed by atoms with Crippen molar-refractivity contribution in [3.8, 4) is 0 Å². The molecule has 1 aromatic heterocycles. The highest BCUT2D eigenvalue weighted by Gasteiger charge is 2.28. The summed E-state index contributed by atoms with van der Waals surface area (Å²) in [5, 5.41) is 12.4. The third kappa shape index (κ3) is 3.46. The maximum Gasteiger partial charge on any atom is 0.318 e. The molecule has 0 bridgehead atoms. The van der Waals surface area contributed by atoms with E-state index in [0.717, 1.165) is 30.6 Å². The van der Waals surface area contributed by atoms with E-state index in [-0.39, 0.29) is 18.7 Å². The molecule has 128 valence electrons. The van der Waals surface area contributed by atoms with E-state index < -0.39 is 0 Å². The molecule has 0 aliphatic heterocycles. The zero-order valence-corrected chi connectivity index (χ0v) is 14.0. The van der Waals surface area contributed by atoms with Gasteiger partial charge in [0, 0.05) is 18.7 Å². The predicted molar refractivity (Wildman–Crippen MR) is 91.6 cm³/mol. The average Bonchev–Trinajstić information content (AvgIpc) is 3.02. The number of amides is 2. The number of aryl methyl sites for hydroxylation is 2. The SMILES string of the molecule is Cc1occc1CNC(=O)N(CCO)[C@H]1CCCc2ccccc21. The Balaban J connectivity index is 1.75. The van der Waals surface area contributed by atoms with Crippen LogP contribution in [0, 0.1) is 6.92 Å². The molecule has 5 heteroatoms. The van der Waals surface area contributed by atoms with Gasteiger partial charge < -0.3 is 19.7 Å². The van der Waals surface area contributed by atoms with Crippen LogP contribution in [0.15, 0.2) is 41.0 Å². The lowest BCUT2D eigenvalue weighted by Gasteiger charge is -2.35. The minimum atomic E-state index is -0.147. The number of fused-ring (bicyclic) bond motifs is 1. The lowest BCUT2D eigenvalue weighted by Crippen LogP contribution is -2.44. The molecular formula is C19H24N2O3. The molecule has 0 saturated heterocycles. The second kappa shape index (κ2) is 7.53. The van der Waals surface area contributed by atoms with Crippen LogP contribution in [0.25, 0.3) is 0 Å². The minimum Gasteiger partial charge on any atom is -0.469 e. The summed E-state index contributed by atoms with van der Waals surface area (Å²) in [4.78, 5) is 14.5. The number of aliphatic hydroxyl groups excluding tert-OH is 1. The number of nitrogens with zero attached hydrogens (tertiary/aromatic N) is 1. The molecule has 1 atom stereocenters. The van der Waals surface area contributed by atoms with Gasteiger partial charge in [0.2, 0.25) is 0 Å². The van der Waals surface area contributed by atoms with Crippen molar-refractivity contribution in [2.75, 3.05) is 13.2 Å². The fraction of sp³-hybridized carbons (Fsp3) is 0.421. The maximum absolute atomic E-state index is 12.7. The summed E-state index contributed by atoms with van der Waals surface area (Å²) in [6, 6.07) is 10.0. The molecule has 0 saturated carbocycles. The Kier molecular flexibility index (Phi) is 5.20. The summed E-state index contributed by atoms with van der Waals surface area (Å²) in [7, 11) is 0. The monoisotopic (exact) mass is 328 g/mol. The number of hydrogen-bond acceptors (Lipinski definition) is 3. The number of carbonyl (C=O) groups is 1. The molecular weight excluding hydrogens is 304 g/mol. The first-order valence-corrected chi connectivity index (χ1v) is 8.47. The Bertz CT molecular complexity index is 695. The van der Waals surface area contributed by atoms with Crippen LogP contribution in [-0.2, 0) is 13.0 Å². The van der Waals surface area contributed by atoms with Crippen molar-refractivity contribution < 1.29 is 14.3 Å². The van der Waals surface area contributed by atoms with Gasteiger partial charge in [-0.05, 0) is 43.4 Å². The largest absolute Gasteiger partial charge is 0.469 e. The van der Waals surface area contributed by atoms with Gasteiger partial charge in [0.15, 0.2) is 0 Å². The van der Waals surface area contributed by atoms with Crippen LogP contribution >= 0.6 is 0 Å². The molecule has 0 fully saturated rings. The Hall–Kier alpha value is -2.27. The maximum atomic E-state index is 12.7. The van der Waals surface area contributed by atoms with Gasteiger partial charge in [-0.2, -0.15) is 0 Å². The van der Waals surface area contributed by atoms with E-state index in [0.29, 0.717) is 13.1 Å². The summed E-state index contributed by atoms with van der Waals surface area (Å²) >= 11 is 0. The van der Waals surface area contributed by atoms with Gasteiger partial charge in [0.05, 0.1) is 18.9 Å². The van der Waals surface area contributed by atoms with E-state index in [1.165, 1.54) is 11.1 Å². The minimum absolute atomic E-state index is 0.0209. The molecule has 1 aromatic carbocycles. The molecule has 1 aliphatic rings. The number of furan rings is 1. The summed E-state index contributed by atoms with van der Waals surface area (Å²) in [6.07, 6.45) is 4.65. The quantitative estimate of drug-likeness (QED) is 0.886. The molecule has 24 heavy (non-hydrogen) atoms. The topological polar surface area (TPSA) is 65.7 Å². The van der Waals surface area contributed by atoms with Gasteiger partial charge in [-0.25, -0.2) is 4.79 Å². The molecule has 1 aliphatic carbocycles. The molecule has 2 aromatic rings. The normalized spacial score (nSPS) is 16.5. The van der Waals surface area contributed by atoms with Crippen LogP contribution in [0.2, 0.25) is 0 Å². The first-order valence-electron chi connectivity index (χ1n) is 8.47. The van der Waals surface area contributed by atoms with Crippen LogP contribution in [0.3, 0.4) is 0 Å². The lowest BCUT2D eigenvalue weighted by molar-refractivity contribution is 0.144. The van der Waals surface area contributed by atoms with Crippen molar-refractivity contribution in [1.29, 1.82) is 0 Å². The Morgan fingerprint density at radius 2 is 2.21 bits per heavy atom. The highest BCUT2D eigenvalue weighted by Crippen LogP contribution is 2.34. The number of urea groups is 1. The zero-order valence-electron chi connectivity index (χ0n) is 14.0. The summed E-state index contributed by atoms with van der Waals surface area (Å²) in [5.41, 5.74) is 3.47. The van der Waals surface area contributed by atoms with Gasteiger partial charge in [-0.1, -0.05) is 24.3 Å². The number of carbonyl (C=O) groups excluding carboxylic acids is 1. The molecule has 5 nitrogen and oxygen atoms in total. The van der Waals surface area contributed by atoms with Crippen molar-refractivity contribution in [2.45, 2.75) is 38.8 Å². The third-order valence-electron chi connectivity index (χ3n) is 4.71. The van der Waals surface area contributed by atoms with E-state index in [9.17, 15) is 9.90 Å². The Morgan fingerprint density at radius 1 is 1.38 bits per heavy atom. The zero-order chi connectivity index (χ0) is 16.9.